The lowest BCUT2D eigenvalue weighted by atomic mass is 10.2. The molecule has 0 aromatic carbocycles. The summed E-state index contributed by atoms with van der Waals surface area (Å²) in [6, 6.07) is 0. The fourth-order valence-corrected chi connectivity index (χ4v) is 0.715. The van der Waals surface area contributed by atoms with Crippen LogP contribution in [0.5, 0.6) is 0 Å². The first-order valence-corrected chi connectivity index (χ1v) is 5.08. The van der Waals surface area contributed by atoms with Crippen LogP contribution in [0.2, 0.25) is 0 Å². The normalized spacial score (nSPS) is 11.4. The maximum Gasteiger partial charge on any atom is 0.0742 e. The highest BCUT2D eigenvalue weighted by molar-refractivity contribution is 4.64. The summed E-state index contributed by atoms with van der Waals surface area (Å²) < 4.78 is 0. The Morgan fingerprint density at radius 3 is 2.15 bits per heavy atom. The van der Waals surface area contributed by atoms with E-state index in [1.54, 1.807) is 0 Å². The third kappa shape index (κ3) is 24.5. The van der Waals surface area contributed by atoms with E-state index in [0.29, 0.717) is 0 Å². The first kappa shape index (κ1) is 15.1. The summed E-state index contributed by atoms with van der Waals surface area (Å²) in [5, 5.41) is 16.0. The van der Waals surface area contributed by atoms with Crippen LogP contribution in [0.25, 0.3) is 0 Å². The van der Waals surface area contributed by atoms with Gasteiger partial charge in [0.2, 0.25) is 0 Å². The van der Waals surface area contributed by atoms with E-state index in [9.17, 15) is 0 Å². The Kier molecular flexibility index (Phi) is 16.5. The summed E-state index contributed by atoms with van der Waals surface area (Å²) in [5.41, 5.74) is 0. The van der Waals surface area contributed by atoms with Crippen LogP contribution in [0.15, 0.2) is 12.7 Å². The summed E-state index contributed by atoms with van der Waals surface area (Å²) in [7, 11) is 0. The lowest BCUT2D eigenvalue weighted by Gasteiger charge is -1.91. The van der Waals surface area contributed by atoms with Crippen LogP contribution in [0, 0.1) is 0 Å². The molecule has 0 saturated heterocycles. The van der Waals surface area contributed by atoms with Crippen LogP contribution in [0.4, 0.5) is 0 Å². The van der Waals surface area contributed by atoms with Crippen LogP contribution in [0.3, 0.4) is 0 Å². The number of allylic oxidation sites excluding steroid dienone is 1. The lowest BCUT2D eigenvalue weighted by Crippen LogP contribution is -2.03. The number of rotatable bonds is 6. The molecule has 0 aromatic rings. The van der Waals surface area contributed by atoms with Crippen molar-refractivity contribution >= 4 is 0 Å². The number of aliphatic hydroxyl groups excluding tert-OH is 2. The second kappa shape index (κ2) is 14.2. The first-order valence-electron chi connectivity index (χ1n) is 5.08. The first-order chi connectivity index (χ1) is 6.18. The Labute approximate surface area is 82.3 Å². The number of hydrogen-bond acceptors (Lipinski definition) is 2. The van der Waals surface area contributed by atoms with E-state index in [2.05, 4.69) is 13.5 Å². The van der Waals surface area contributed by atoms with E-state index >= 15 is 0 Å². The lowest BCUT2D eigenvalue weighted by molar-refractivity contribution is 0.110. The van der Waals surface area contributed by atoms with Crippen LogP contribution in [-0.2, 0) is 0 Å². The highest BCUT2D eigenvalue weighted by atomic mass is 16.3. The van der Waals surface area contributed by atoms with Gasteiger partial charge in [0.1, 0.15) is 0 Å². The standard InChI is InChI=1S/C8H16.C3H8O2/c1-3-5-7-8-6-4-2;1-3(5)2-4/h3H,1,4-8H2,2H3;3-5H,2H2,1H3. The SMILES string of the molecule is C=CCCCCCC.CC(O)CO. The van der Waals surface area contributed by atoms with E-state index < -0.39 is 6.10 Å². The molecule has 0 heterocycles. The summed E-state index contributed by atoms with van der Waals surface area (Å²) in [6.45, 7) is 7.28. The van der Waals surface area contributed by atoms with E-state index in [0.717, 1.165) is 0 Å². The van der Waals surface area contributed by atoms with Gasteiger partial charge in [0.05, 0.1) is 12.7 Å². The van der Waals surface area contributed by atoms with Gasteiger partial charge in [0, 0.05) is 0 Å². The van der Waals surface area contributed by atoms with E-state index in [-0.39, 0.29) is 6.61 Å². The van der Waals surface area contributed by atoms with Crippen molar-refractivity contribution in [3.63, 3.8) is 0 Å². The third-order valence-corrected chi connectivity index (χ3v) is 1.53. The van der Waals surface area contributed by atoms with E-state index in [1.165, 1.54) is 39.0 Å². The Balaban J connectivity index is 0. The number of unbranched alkanes of at least 4 members (excludes halogenated alkanes) is 4. The van der Waals surface area contributed by atoms with Crippen molar-refractivity contribution in [1.29, 1.82) is 0 Å². The summed E-state index contributed by atoms with van der Waals surface area (Å²) in [4.78, 5) is 0. The average Bonchev–Trinajstić information content (AvgIpc) is 2.14. The fraction of sp³-hybridized carbons (Fsp3) is 0.818. The highest BCUT2D eigenvalue weighted by Crippen LogP contribution is 2.01. The Morgan fingerprint density at radius 2 is 1.85 bits per heavy atom. The molecule has 0 bridgehead atoms. The van der Waals surface area contributed by atoms with Crippen molar-refractivity contribution in [2.24, 2.45) is 0 Å². The van der Waals surface area contributed by atoms with Crippen LogP contribution in [-0.4, -0.2) is 22.9 Å². The van der Waals surface area contributed by atoms with E-state index in [1.807, 2.05) is 6.08 Å². The van der Waals surface area contributed by atoms with Crippen molar-refractivity contribution in [2.45, 2.75) is 52.1 Å². The largest absolute Gasteiger partial charge is 0.394 e. The van der Waals surface area contributed by atoms with Crippen molar-refractivity contribution in [2.75, 3.05) is 6.61 Å². The van der Waals surface area contributed by atoms with Crippen molar-refractivity contribution in [3.05, 3.63) is 12.7 Å². The van der Waals surface area contributed by atoms with Gasteiger partial charge < -0.3 is 10.2 Å². The summed E-state index contributed by atoms with van der Waals surface area (Å²) in [6.07, 6.45) is 8.05. The molecule has 0 amide bonds. The average molecular weight is 188 g/mol. The molecule has 0 aliphatic heterocycles. The van der Waals surface area contributed by atoms with Gasteiger partial charge in [-0.15, -0.1) is 6.58 Å². The van der Waals surface area contributed by atoms with Crippen molar-refractivity contribution < 1.29 is 10.2 Å². The van der Waals surface area contributed by atoms with Crippen LogP contribution in [0.1, 0.15) is 46.0 Å². The molecule has 0 aliphatic rings. The second-order valence-electron chi connectivity index (χ2n) is 3.17. The predicted molar refractivity (Wildman–Crippen MR) is 57.7 cm³/mol. The smallest absolute Gasteiger partial charge is 0.0742 e. The molecular formula is C11H24O2. The van der Waals surface area contributed by atoms with Crippen molar-refractivity contribution in [3.8, 4) is 0 Å². The second-order valence-corrected chi connectivity index (χ2v) is 3.17. The van der Waals surface area contributed by atoms with Gasteiger partial charge in [-0.2, -0.15) is 0 Å². The minimum Gasteiger partial charge on any atom is -0.394 e. The third-order valence-electron chi connectivity index (χ3n) is 1.53. The zero-order valence-corrected chi connectivity index (χ0v) is 9.00. The molecule has 0 rings (SSSR count). The molecule has 0 spiro atoms. The molecule has 2 nitrogen and oxygen atoms in total. The zero-order chi connectivity index (χ0) is 10.5. The minimum absolute atomic E-state index is 0.139. The topological polar surface area (TPSA) is 40.5 Å². The van der Waals surface area contributed by atoms with Crippen molar-refractivity contribution in [1.82, 2.24) is 0 Å². The van der Waals surface area contributed by atoms with Gasteiger partial charge in [-0.05, 0) is 19.8 Å². The molecule has 0 aliphatic carbocycles. The molecule has 0 aromatic heterocycles. The van der Waals surface area contributed by atoms with Crippen LogP contribution >= 0.6 is 0 Å². The highest BCUT2D eigenvalue weighted by Gasteiger charge is 1.83. The van der Waals surface area contributed by atoms with Gasteiger partial charge in [0.25, 0.3) is 0 Å². The molecule has 0 radical (unpaired) electrons. The molecule has 1 atom stereocenters. The van der Waals surface area contributed by atoms with Gasteiger partial charge in [-0.3, -0.25) is 0 Å². The molecule has 80 valence electrons. The number of hydrogen-bond donors (Lipinski definition) is 2. The monoisotopic (exact) mass is 188 g/mol. The predicted octanol–water partition coefficient (Wildman–Crippen LogP) is 2.50. The summed E-state index contributed by atoms with van der Waals surface area (Å²) >= 11 is 0. The quantitative estimate of drug-likeness (QED) is 0.496. The minimum atomic E-state index is -0.560. The maximum absolute atomic E-state index is 8.11. The Morgan fingerprint density at radius 1 is 1.31 bits per heavy atom. The van der Waals surface area contributed by atoms with Gasteiger partial charge in [0.15, 0.2) is 0 Å². The molecule has 2 N–H and O–H groups in total. The molecule has 0 saturated carbocycles. The fourth-order valence-electron chi connectivity index (χ4n) is 0.715. The zero-order valence-electron chi connectivity index (χ0n) is 9.00. The molecule has 2 heteroatoms. The van der Waals surface area contributed by atoms with Gasteiger partial charge in [-0.1, -0.05) is 32.3 Å². The molecular weight excluding hydrogens is 164 g/mol. The van der Waals surface area contributed by atoms with Gasteiger partial charge in [-0.25, -0.2) is 0 Å². The Hall–Kier alpha value is -0.340. The van der Waals surface area contributed by atoms with Crippen LogP contribution < -0.4 is 0 Å². The molecule has 0 fully saturated rings. The number of aliphatic hydroxyl groups is 2. The maximum atomic E-state index is 8.11. The Bertz CT molecular complexity index is 90.1. The van der Waals surface area contributed by atoms with E-state index in [4.69, 9.17) is 10.2 Å². The summed E-state index contributed by atoms with van der Waals surface area (Å²) in [5.74, 6) is 0. The molecule has 13 heavy (non-hydrogen) atoms. The van der Waals surface area contributed by atoms with Gasteiger partial charge >= 0.3 is 0 Å². The molecule has 1 unspecified atom stereocenters.